The smallest absolute Gasteiger partial charge is 0.127 e. The molecule has 0 aliphatic carbocycles. The number of rotatable bonds is 4. The first-order valence-electron chi connectivity index (χ1n) is 4.88. The third-order valence-corrected chi connectivity index (χ3v) is 2.69. The third kappa shape index (κ3) is 2.90. The summed E-state index contributed by atoms with van der Waals surface area (Å²) in [6, 6.07) is 6.80. The summed E-state index contributed by atoms with van der Waals surface area (Å²) in [6.45, 7) is 1.14. The molecule has 1 aromatic heterocycles. The van der Waals surface area contributed by atoms with Crippen molar-refractivity contribution in [2.24, 2.45) is 0 Å². The molecule has 0 atom stereocenters. The maximum absolute atomic E-state index is 13.4. The Morgan fingerprint density at radius 1 is 1.31 bits per heavy atom. The van der Waals surface area contributed by atoms with Gasteiger partial charge in [-0.25, -0.2) is 4.39 Å². The van der Waals surface area contributed by atoms with E-state index in [1.165, 1.54) is 6.07 Å². The van der Waals surface area contributed by atoms with Crippen LogP contribution in [0.4, 0.5) is 4.39 Å². The van der Waals surface area contributed by atoms with Crippen molar-refractivity contribution in [3.8, 4) is 0 Å². The molecule has 1 aromatic carbocycles. The van der Waals surface area contributed by atoms with Crippen molar-refractivity contribution in [1.82, 2.24) is 15.5 Å². The van der Waals surface area contributed by atoms with Crippen LogP contribution >= 0.6 is 15.9 Å². The van der Waals surface area contributed by atoms with Gasteiger partial charge in [0.05, 0.1) is 0 Å². The van der Waals surface area contributed by atoms with Crippen molar-refractivity contribution in [2.75, 3.05) is 0 Å². The molecular weight excluding hydrogens is 273 g/mol. The summed E-state index contributed by atoms with van der Waals surface area (Å²) in [5, 5.41) is 9.81. The minimum absolute atomic E-state index is 0.194. The summed E-state index contributed by atoms with van der Waals surface area (Å²) < 4.78 is 14.2. The van der Waals surface area contributed by atoms with E-state index in [2.05, 4.69) is 31.4 Å². The second-order valence-electron chi connectivity index (χ2n) is 3.42. The molecule has 0 saturated heterocycles. The third-order valence-electron chi connectivity index (χ3n) is 2.20. The molecule has 0 radical (unpaired) electrons. The summed E-state index contributed by atoms with van der Waals surface area (Å²) in [5.74, 6) is -0.194. The molecule has 0 aliphatic rings. The van der Waals surface area contributed by atoms with Gasteiger partial charge in [-0.1, -0.05) is 15.9 Å². The van der Waals surface area contributed by atoms with Gasteiger partial charge in [-0.2, -0.15) is 5.10 Å². The van der Waals surface area contributed by atoms with E-state index in [-0.39, 0.29) is 5.82 Å². The number of nitrogens with zero attached hydrogens (tertiary/aromatic N) is 1. The van der Waals surface area contributed by atoms with E-state index in [9.17, 15) is 4.39 Å². The van der Waals surface area contributed by atoms with Crippen molar-refractivity contribution < 1.29 is 4.39 Å². The van der Waals surface area contributed by atoms with Gasteiger partial charge in [0.1, 0.15) is 5.82 Å². The molecule has 0 spiro atoms. The maximum atomic E-state index is 13.4. The van der Waals surface area contributed by atoms with Crippen molar-refractivity contribution >= 4 is 15.9 Å². The van der Waals surface area contributed by atoms with Crippen LogP contribution in [0, 0.1) is 5.82 Å². The second-order valence-corrected chi connectivity index (χ2v) is 4.34. The SMILES string of the molecule is Fc1ccc(Br)cc1CNCc1ccn[nH]1. The van der Waals surface area contributed by atoms with Gasteiger partial charge in [0.25, 0.3) is 0 Å². The van der Waals surface area contributed by atoms with E-state index in [4.69, 9.17) is 0 Å². The summed E-state index contributed by atoms with van der Waals surface area (Å²) in [7, 11) is 0. The normalized spacial score (nSPS) is 10.6. The molecule has 1 heterocycles. The number of nitrogens with one attached hydrogen (secondary N) is 2. The molecule has 84 valence electrons. The molecule has 0 saturated carbocycles. The van der Waals surface area contributed by atoms with Crippen LogP contribution in [0.5, 0.6) is 0 Å². The van der Waals surface area contributed by atoms with Gasteiger partial charge in [0.2, 0.25) is 0 Å². The summed E-state index contributed by atoms with van der Waals surface area (Å²) >= 11 is 3.32. The van der Waals surface area contributed by atoms with E-state index in [0.717, 1.165) is 10.2 Å². The number of hydrogen-bond acceptors (Lipinski definition) is 2. The largest absolute Gasteiger partial charge is 0.307 e. The van der Waals surface area contributed by atoms with E-state index in [1.54, 1.807) is 18.3 Å². The molecule has 2 rings (SSSR count). The summed E-state index contributed by atoms with van der Waals surface area (Å²) in [4.78, 5) is 0. The quantitative estimate of drug-likeness (QED) is 0.906. The molecule has 0 fully saturated rings. The predicted molar refractivity (Wildman–Crippen MR) is 63.2 cm³/mol. The minimum Gasteiger partial charge on any atom is -0.307 e. The fourth-order valence-corrected chi connectivity index (χ4v) is 1.80. The Morgan fingerprint density at radius 2 is 2.19 bits per heavy atom. The van der Waals surface area contributed by atoms with Gasteiger partial charge < -0.3 is 5.32 Å². The Kier molecular flexibility index (Phi) is 3.69. The highest BCUT2D eigenvalue weighted by molar-refractivity contribution is 9.10. The van der Waals surface area contributed by atoms with Crippen molar-refractivity contribution in [3.63, 3.8) is 0 Å². The Hall–Kier alpha value is -1.20. The number of benzene rings is 1. The zero-order chi connectivity index (χ0) is 11.4. The van der Waals surface area contributed by atoms with Crippen molar-refractivity contribution in [1.29, 1.82) is 0 Å². The molecular formula is C11H11BrFN3. The lowest BCUT2D eigenvalue weighted by Crippen LogP contribution is -2.14. The van der Waals surface area contributed by atoms with Crippen LogP contribution < -0.4 is 5.32 Å². The Bertz CT molecular complexity index is 456. The minimum atomic E-state index is -0.194. The maximum Gasteiger partial charge on any atom is 0.127 e. The van der Waals surface area contributed by atoms with E-state index < -0.39 is 0 Å². The fourth-order valence-electron chi connectivity index (χ4n) is 1.39. The highest BCUT2D eigenvalue weighted by Gasteiger charge is 2.02. The molecule has 16 heavy (non-hydrogen) atoms. The molecule has 5 heteroatoms. The lowest BCUT2D eigenvalue weighted by atomic mass is 10.2. The van der Waals surface area contributed by atoms with E-state index in [0.29, 0.717) is 18.7 Å². The molecule has 0 amide bonds. The molecule has 2 aromatic rings. The standard InChI is InChI=1S/C11H11BrFN3/c12-9-1-2-11(13)8(5-9)6-14-7-10-3-4-15-16-10/h1-5,14H,6-7H2,(H,15,16). The van der Waals surface area contributed by atoms with Crippen LogP contribution in [-0.2, 0) is 13.1 Å². The number of halogens is 2. The Morgan fingerprint density at radius 3 is 2.94 bits per heavy atom. The van der Waals surface area contributed by atoms with Crippen LogP contribution in [-0.4, -0.2) is 10.2 Å². The van der Waals surface area contributed by atoms with Gasteiger partial charge in [-0.05, 0) is 24.3 Å². The van der Waals surface area contributed by atoms with Gasteiger partial charge in [0, 0.05) is 35.0 Å². The van der Waals surface area contributed by atoms with E-state index >= 15 is 0 Å². The zero-order valence-corrected chi connectivity index (χ0v) is 10.1. The van der Waals surface area contributed by atoms with Gasteiger partial charge in [0.15, 0.2) is 0 Å². The average Bonchev–Trinajstić information content (AvgIpc) is 2.76. The first kappa shape index (κ1) is 11.3. The molecule has 3 nitrogen and oxygen atoms in total. The topological polar surface area (TPSA) is 40.7 Å². The first-order valence-corrected chi connectivity index (χ1v) is 5.68. The number of H-pyrrole nitrogens is 1. The Labute approximate surface area is 101 Å². The van der Waals surface area contributed by atoms with Crippen LogP contribution in [0.15, 0.2) is 34.9 Å². The monoisotopic (exact) mass is 283 g/mol. The average molecular weight is 284 g/mol. The van der Waals surface area contributed by atoms with E-state index in [1.807, 2.05) is 6.07 Å². The van der Waals surface area contributed by atoms with Crippen molar-refractivity contribution in [3.05, 3.63) is 52.0 Å². The van der Waals surface area contributed by atoms with Crippen LogP contribution in [0.1, 0.15) is 11.3 Å². The van der Waals surface area contributed by atoms with Gasteiger partial charge >= 0.3 is 0 Å². The summed E-state index contributed by atoms with van der Waals surface area (Å²) in [6.07, 6.45) is 1.69. The van der Waals surface area contributed by atoms with Crippen molar-refractivity contribution in [2.45, 2.75) is 13.1 Å². The molecule has 0 unspecified atom stereocenters. The van der Waals surface area contributed by atoms with Gasteiger partial charge in [-0.3, -0.25) is 5.10 Å². The zero-order valence-electron chi connectivity index (χ0n) is 8.50. The Balaban J connectivity index is 1.92. The lowest BCUT2D eigenvalue weighted by Gasteiger charge is -2.05. The molecule has 0 aliphatic heterocycles. The predicted octanol–water partition coefficient (Wildman–Crippen LogP) is 2.60. The number of hydrogen-bond donors (Lipinski definition) is 2. The highest BCUT2D eigenvalue weighted by atomic mass is 79.9. The van der Waals surface area contributed by atoms with Crippen LogP contribution in [0.25, 0.3) is 0 Å². The number of aromatic nitrogens is 2. The summed E-state index contributed by atoms with van der Waals surface area (Å²) in [5.41, 5.74) is 1.63. The highest BCUT2D eigenvalue weighted by Crippen LogP contribution is 2.15. The van der Waals surface area contributed by atoms with Crippen LogP contribution in [0.2, 0.25) is 0 Å². The number of aromatic amines is 1. The molecule has 2 N–H and O–H groups in total. The van der Waals surface area contributed by atoms with Gasteiger partial charge in [-0.15, -0.1) is 0 Å². The molecule has 0 bridgehead atoms. The lowest BCUT2D eigenvalue weighted by molar-refractivity contribution is 0.585. The fraction of sp³-hybridized carbons (Fsp3) is 0.182. The second kappa shape index (κ2) is 5.23. The van der Waals surface area contributed by atoms with Crippen LogP contribution in [0.3, 0.4) is 0 Å². The first-order chi connectivity index (χ1) is 7.75.